The second-order valence-electron chi connectivity index (χ2n) is 7.08. The summed E-state index contributed by atoms with van der Waals surface area (Å²) < 4.78 is 29.0. The first-order chi connectivity index (χ1) is 12.6. The molecule has 0 amide bonds. The van der Waals surface area contributed by atoms with Crippen molar-refractivity contribution in [3.8, 4) is 0 Å². The van der Waals surface area contributed by atoms with Gasteiger partial charge in [-0.15, -0.1) is 0 Å². The lowest BCUT2D eigenvalue weighted by Gasteiger charge is -2.21. The van der Waals surface area contributed by atoms with Crippen molar-refractivity contribution < 1.29 is 18.1 Å². The van der Waals surface area contributed by atoms with Gasteiger partial charge < -0.3 is 5.73 Å². The number of phosphoric acid groups is 1. The average Bonchev–Trinajstić information content (AvgIpc) is 2.61. The molecule has 0 fully saturated rings. The predicted molar refractivity (Wildman–Crippen MR) is 110 cm³/mol. The second-order valence-corrected chi connectivity index (χ2v) is 8.70. The zero-order valence-corrected chi connectivity index (χ0v) is 18.4. The lowest BCUT2D eigenvalue weighted by Crippen LogP contribution is -2.23. The fourth-order valence-corrected chi connectivity index (χ4v) is 3.95. The Bertz CT molecular complexity index is 328. The SMILES string of the molecule is CCCCCCCCCCCC(N)OP(=O)(OCCCC)OCCCC. The Hall–Kier alpha value is 0.0700. The molecule has 0 spiro atoms. The quantitative estimate of drug-likeness (QED) is 0.138. The standard InChI is InChI=1S/C20H44NO4P/c1-4-7-10-11-12-13-14-15-16-17-20(21)25-26(22,23-18-8-5-2)24-19-9-6-3/h20H,4-19,21H2,1-3H3. The van der Waals surface area contributed by atoms with Crippen molar-refractivity contribution in [2.75, 3.05) is 13.2 Å². The number of phosphoric ester groups is 1. The lowest BCUT2D eigenvalue weighted by atomic mass is 10.1. The summed E-state index contributed by atoms with van der Waals surface area (Å²) >= 11 is 0. The molecule has 0 radical (unpaired) electrons. The first-order valence-electron chi connectivity index (χ1n) is 10.9. The van der Waals surface area contributed by atoms with Crippen molar-refractivity contribution in [2.45, 2.75) is 117 Å². The molecule has 6 heteroatoms. The molecule has 0 saturated heterocycles. The largest absolute Gasteiger partial charge is 0.476 e. The fraction of sp³-hybridized carbons (Fsp3) is 1.00. The fourth-order valence-electron chi connectivity index (χ4n) is 2.61. The molecule has 0 aliphatic carbocycles. The molecule has 0 heterocycles. The molecule has 0 aromatic rings. The van der Waals surface area contributed by atoms with Crippen molar-refractivity contribution in [3.05, 3.63) is 0 Å². The Balaban J connectivity index is 3.92. The number of rotatable bonds is 20. The minimum atomic E-state index is -3.54. The highest BCUT2D eigenvalue weighted by Gasteiger charge is 2.29. The zero-order valence-electron chi connectivity index (χ0n) is 17.5. The third kappa shape index (κ3) is 16.3. The van der Waals surface area contributed by atoms with E-state index in [0.717, 1.165) is 38.5 Å². The van der Waals surface area contributed by atoms with Crippen molar-refractivity contribution in [3.63, 3.8) is 0 Å². The summed E-state index contributed by atoms with van der Waals surface area (Å²) in [6.07, 6.45) is 15.0. The third-order valence-electron chi connectivity index (χ3n) is 4.35. The first kappa shape index (κ1) is 26.1. The van der Waals surface area contributed by atoms with Crippen LogP contribution in [0.1, 0.15) is 111 Å². The van der Waals surface area contributed by atoms with Gasteiger partial charge in [-0.3, -0.25) is 13.6 Å². The van der Waals surface area contributed by atoms with E-state index in [9.17, 15) is 4.57 Å². The van der Waals surface area contributed by atoms with Crippen molar-refractivity contribution >= 4 is 7.82 Å². The maximum Gasteiger partial charge on any atom is 0.476 e. The topological polar surface area (TPSA) is 70.8 Å². The van der Waals surface area contributed by atoms with E-state index >= 15 is 0 Å². The van der Waals surface area contributed by atoms with E-state index in [1.165, 1.54) is 44.9 Å². The Morgan fingerprint density at radius 1 is 0.692 bits per heavy atom. The van der Waals surface area contributed by atoms with Gasteiger partial charge in [0.15, 0.2) is 0 Å². The number of nitrogens with two attached hydrogens (primary N) is 1. The van der Waals surface area contributed by atoms with Crippen molar-refractivity contribution in [1.29, 1.82) is 0 Å². The molecule has 2 N–H and O–H groups in total. The summed E-state index contributed by atoms with van der Waals surface area (Å²) in [4.78, 5) is 0. The van der Waals surface area contributed by atoms with Gasteiger partial charge in [0.05, 0.1) is 13.2 Å². The highest BCUT2D eigenvalue weighted by molar-refractivity contribution is 7.48. The van der Waals surface area contributed by atoms with E-state index in [0.29, 0.717) is 19.6 Å². The molecule has 0 aliphatic rings. The zero-order chi connectivity index (χ0) is 19.5. The summed E-state index contributed by atoms with van der Waals surface area (Å²) in [6, 6.07) is 0. The van der Waals surface area contributed by atoms with Gasteiger partial charge in [0.2, 0.25) is 0 Å². The molecule has 26 heavy (non-hydrogen) atoms. The molecule has 0 saturated carbocycles. The van der Waals surface area contributed by atoms with Crippen LogP contribution in [0.3, 0.4) is 0 Å². The average molecular weight is 394 g/mol. The third-order valence-corrected chi connectivity index (χ3v) is 5.88. The van der Waals surface area contributed by atoms with Crippen LogP contribution in [0, 0.1) is 0 Å². The van der Waals surface area contributed by atoms with Gasteiger partial charge in [-0.05, 0) is 25.7 Å². The van der Waals surface area contributed by atoms with Crippen LogP contribution >= 0.6 is 7.82 Å². The highest BCUT2D eigenvalue weighted by Crippen LogP contribution is 2.50. The molecule has 0 aromatic carbocycles. The molecule has 1 unspecified atom stereocenters. The van der Waals surface area contributed by atoms with Crippen LogP contribution in [-0.2, 0) is 18.1 Å². The summed E-state index contributed by atoms with van der Waals surface area (Å²) in [7, 11) is -3.54. The van der Waals surface area contributed by atoms with E-state index in [1.807, 2.05) is 0 Å². The maximum absolute atomic E-state index is 12.7. The molecule has 0 aliphatic heterocycles. The molecular formula is C20H44NO4P. The summed E-state index contributed by atoms with van der Waals surface area (Å²) in [5.41, 5.74) is 6.01. The van der Waals surface area contributed by atoms with E-state index in [4.69, 9.17) is 19.3 Å². The summed E-state index contributed by atoms with van der Waals surface area (Å²) in [6.45, 7) is 7.12. The van der Waals surface area contributed by atoms with E-state index < -0.39 is 14.1 Å². The molecule has 1 atom stereocenters. The summed E-state index contributed by atoms with van der Waals surface area (Å²) in [5, 5.41) is 0. The van der Waals surface area contributed by atoms with E-state index in [2.05, 4.69) is 20.8 Å². The van der Waals surface area contributed by atoms with Crippen LogP contribution in [0.5, 0.6) is 0 Å². The molecular weight excluding hydrogens is 349 g/mol. The smallest absolute Gasteiger partial charge is 0.306 e. The van der Waals surface area contributed by atoms with Gasteiger partial charge in [-0.25, -0.2) is 4.57 Å². The van der Waals surface area contributed by atoms with Gasteiger partial charge >= 0.3 is 7.82 Å². The van der Waals surface area contributed by atoms with Gasteiger partial charge in [0.25, 0.3) is 0 Å². The number of unbranched alkanes of at least 4 members (excludes halogenated alkanes) is 10. The van der Waals surface area contributed by atoms with Crippen LogP contribution in [0.15, 0.2) is 0 Å². The normalized spacial score (nSPS) is 13.2. The minimum absolute atomic E-state index is 0.380. The van der Waals surface area contributed by atoms with E-state index in [1.54, 1.807) is 0 Å². The second kappa shape index (κ2) is 18.4. The molecule has 0 aromatic heterocycles. The monoisotopic (exact) mass is 393 g/mol. The Labute approximate surface area is 162 Å². The van der Waals surface area contributed by atoms with Crippen LogP contribution in [0.4, 0.5) is 0 Å². The Kier molecular flexibility index (Phi) is 18.5. The van der Waals surface area contributed by atoms with Crippen LogP contribution in [-0.4, -0.2) is 19.4 Å². The van der Waals surface area contributed by atoms with Crippen LogP contribution in [0.2, 0.25) is 0 Å². The van der Waals surface area contributed by atoms with Gasteiger partial charge in [0.1, 0.15) is 6.23 Å². The van der Waals surface area contributed by atoms with Gasteiger partial charge in [-0.1, -0.05) is 85.0 Å². The minimum Gasteiger partial charge on any atom is -0.306 e. The maximum atomic E-state index is 12.7. The number of hydrogen-bond donors (Lipinski definition) is 1. The molecule has 0 bridgehead atoms. The molecule has 0 rings (SSSR count). The first-order valence-corrected chi connectivity index (χ1v) is 12.4. The van der Waals surface area contributed by atoms with E-state index in [-0.39, 0.29) is 0 Å². The van der Waals surface area contributed by atoms with Crippen molar-refractivity contribution in [2.24, 2.45) is 5.73 Å². The lowest BCUT2D eigenvalue weighted by molar-refractivity contribution is 0.0742. The highest BCUT2D eigenvalue weighted by atomic mass is 31.2. The Morgan fingerprint density at radius 2 is 1.12 bits per heavy atom. The number of hydrogen-bond acceptors (Lipinski definition) is 5. The predicted octanol–water partition coefficient (Wildman–Crippen LogP) is 6.95. The van der Waals surface area contributed by atoms with Gasteiger partial charge in [-0.2, -0.15) is 0 Å². The summed E-state index contributed by atoms with van der Waals surface area (Å²) in [5.74, 6) is 0. The van der Waals surface area contributed by atoms with Crippen LogP contribution < -0.4 is 5.73 Å². The van der Waals surface area contributed by atoms with Gasteiger partial charge in [0, 0.05) is 0 Å². The molecule has 5 nitrogen and oxygen atoms in total. The molecule has 158 valence electrons. The Morgan fingerprint density at radius 3 is 1.58 bits per heavy atom. The van der Waals surface area contributed by atoms with Crippen molar-refractivity contribution in [1.82, 2.24) is 0 Å². The van der Waals surface area contributed by atoms with Crippen LogP contribution in [0.25, 0.3) is 0 Å².